The van der Waals surface area contributed by atoms with Gasteiger partial charge in [0.05, 0.1) is 11.8 Å². The summed E-state index contributed by atoms with van der Waals surface area (Å²) in [7, 11) is 0. The second-order valence-electron chi connectivity index (χ2n) is 6.89. The number of benzene rings is 1. The molecule has 0 spiro atoms. The average Bonchev–Trinajstić information content (AvgIpc) is 3.45. The number of hydrogen-bond acceptors (Lipinski definition) is 5. The minimum absolute atomic E-state index is 0.119. The largest absolute Gasteiger partial charge is 0.349 e. The molecule has 1 aliphatic rings. The van der Waals surface area contributed by atoms with Crippen molar-refractivity contribution >= 4 is 17.7 Å². The number of carbonyl (C=O) groups is 1. The third-order valence-corrected chi connectivity index (χ3v) is 5.60. The summed E-state index contributed by atoms with van der Waals surface area (Å²) in [5, 5.41) is 12.0. The van der Waals surface area contributed by atoms with E-state index in [0.29, 0.717) is 11.2 Å². The standard InChI is InChI=1S/C20H19F2N5OS/c1-12(16-5-2-14(21)10-17(16)22)24-18(28)11-29-20-26-25-19(27(20)15-3-4-15)13-6-8-23-9-7-13/h2,5-10,12,15H,3-4,11H2,1H3,(H,24,28)/t12-/m1/s1. The van der Waals surface area contributed by atoms with Gasteiger partial charge >= 0.3 is 0 Å². The zero-order chi connectivity index (χ0) is 20.4. The van der Waals surface area contributed by atoms with E-state index in [-0.39, 0.29) is 17.2 Å². The van der Waals surface area contributed by atoms with Gasteiger partial charge in [-0.1, -0.05) is 17.8 Å². The Morgan fingerprint density at radius 3 is 2.69 bits per heavy atom. The molecule has 0 aliphatic heterocycles. The topological polar surface area (TPSA) is 72.7 Å². The lowest BCUT2D eigenvalue weighted by atomic mass is 10.1. The van der Waals surface area contributed by atoms with Gasteiger partial charge in [-0.25, -0.2) is 8.78 Å². The third kappa shape index (κ3) is 4.45. The van der Waals surface area contributed by atoms with Crippen molar-refractivity contribution in [2.45, 2.75) is 37.0 Å². The number of nitrogens with one attached hydrogen (secondary N) is 1. The first-order chi connectivity index (χ1) is 14.0. The van der Waals surface area contributed by atoms with Crippen LogP contribution in [0.1, 0.15) is 37.4 Å². The molecule has 0 radical (unpaired) electrons. The van der Waals surface area contributed by atoms with Crippen molar-refractivity contribution in [2.24, 2.45) is 0 Å². The summed E-state index contributed by atoms with van der Waals surface area (Å²) in [6, 6.07) is 6.85. The van der Waals surface area contributed by atoms with Crippen LogP contribution >= 0.6 is 11.8 Å². The van der Waals surface area contributed by atoms with Crippen molar-refractivity contribution in [1.29, 1.82) is 0 Å². The number of thioether (sulfide) groups is 1. The smallest absolute Gasteiger partial charge is 0.230 e. The zero-order valence-electron chi connectivity index (χ0n) is 15.7. The minimum Gasteiger partial charge on any atom is -0.349 e. The van der Waals surface area contributed by atoms with E-state index >= 15 is 0 Å². The SMILES string of the molecule is C[C@@H](NC(=O)CSc1nnc(-c2ccncc2)n1C1CC1)c1ccc(F)cc1F. The fourth-order valence-corrected chi connectivity index (χ4v) is 3.90. The van der Waals surface area contributed by atoms with Crippen LogP contribution in [0.4, 0.5) is 8.78 Å². The van der Waals surface area contributed by atoms with Crippen molar-refractivity contribution in [1.82, 2.24) is 25.1 Å². The highest BCUT2D eigenvalue weighted by molar-refractivity contribution is 7.99. The van der Waals surface area contributed by atoms with Crippen LogP contribution in [-0.4, -0.2) is 31.4 Å². The molecule has 6 nitrogen and oxygen atoms in total. The quantitative estimate of drug-likeness (QED) is 0.592. The Balaban J connectivity index is 1.42. The summed E-state index contributed by atoms with van der Waals surface area (Å²) in [4.78, 5) is 16.4. The maximum atomic E-state index is 13.9. The Labute approximate surface area is 170 Å². The molecule has 1 saturated carbocycles. The summed E-state index contributed by atoms with van der Waals surface area (Å²) < 4.78 is 29.0. The lowest BCUT2D eigenvalue weighted by Gasteiger charge is -2.15. The van der Waals surface area contributed by atoms with Gasteiger partial charge in [-0.15, -0.1) is 10.2 Å². The van der Waals surface area contributed by atoms with Crippen LogP contribution in [0.5, 0.6) is 0 Å². The maximum Gasteiger partial charge on any atom is 0.230 e. The van der Waals surface area contributed by atoms with Gasteiger partial charge in [0.1, 0.15) is 11.6 Å². The molecule has 2 aromatic heterocycles. The molecule has 4 rings (SSSR count). The van der Waals surface area contributed by atoms with E-state index in [1.807, 2.05) is 12.1 Å². The van der Waals surface area contributed by atoms with Crippen LogP contribution < -0.4 is 5.32 Å². The van der Waals surface area contributed by atoms with E-state index in [4.69, 9.17) is 0 Å². The van der Waals surface area contributed by atoms with E-state index in [1.54, 1.807) is 19.3 Å². The van der Waals surface area contributed by atoms with Crippen LogP contribution in [-0.2, 0) is 4.79 Å². The Bertz CT molecular complexity index is 1020. The first kappa shape index (κ1) is 19.5. The van der Waals surface area contributed by atoms with Crippen molar-refractivity contribution in [3.05, 3.63) is 59.9 Å². The van der Waals surface area contributed by atoms with Gasteiger partial charge in [-0.2, -0.15) is 0 Å². The lowest BCUT2D eigenvalue weighted by molar-refractivity contribution is -0.119. The molecule has 1 atom stereocenters. The van der Waals surface area contributed by atoms with Crippen LogP contribution in [0.2, 0.25) is 0 Å². The predicted molar refractivity (Wildman–Crippen MR) is 105 cm³/mol. The molecule has 2 heterocycles. The van der Waals surface area contributed by atoms with Crippen LogP contribution in [0, 0.1) is 11.6 Å². The molecular weight excluding hydrogens is 396 g/mol. The fraction of sp³-hybridized carbons (Fsp3) is 0.300. The lowest BCUT2D eigenvalue weighted by Crippen LogP contribution is -2.28. The number of aromatic nitrogens is 4. The molecule has 1 aromatic carbocycles. The molecule has 3 aromatic rings. The first-order valence-electron chi connectivity index (χ1n) is 9.25. The van der Waals surface area contributed by atoms with E-state index in [1.165, 1.54) is 23.9 Å². The Kier molecular flexibility index (Phi) is 5.57. The molecule has 9 heteroatoms. The summed E-state index contributed by atoms with van der Waals surface area (Å²) in [6.07, 6.45) is 5.52. The normalized spacial score (nSPS) is 14.6. The highest BCUT2D eigenvalue weighted by atomic mass is 32.2. The molecule has 29 heavy (non-hydrogen) atoms. The van der Waals surface area contributed by atoms with E-state index in [2.05, 4.69) is 25.1 Å². The van der Waals surface area contributed by atoms with E-state index in [0.717, 1.165) is 30.3 Å². The second kappa shape index (κ2) is 8.28. The number of halogens is 2. The van der Waals surface area contributed by atoms with Gasteiger partial charge in [-0.3, -0.25) is 14.3 Å². The maximum absolute atomic E-state index is 13.9. The number of amides is 1. The predicted octanol–water partition coefficient (Wildman–Crippen LogP) is 3.92. The molecular formula is C20H19F2N5OS. The number of carbonyl (C=O) groups excluding carboxylic acids is 1. The van der Waals surface area contributed by atoms with E-state index < -0.39 is 17.7 Å². The fourth-order valence-electron chi connectivity index (χ4n) is 3.08. The average molecular weight is 415 g/mol. The van der Waals surface area contributed by atoms with Gasteiger partial charge < -0.3 is 5.32 Å². The van der Waals surface area contributed by atoms with Crippen molar-refractivity contribution in [3.63, 3.8) is 0 Å². The zero-order valence-corrected chi connectivity index (χ0v) is 16.5. The summed E-state index contributed by atoms with van der Waals surface area (Å²) in [5.74, 6) is -0.707. The Morgan fingerprint density at radius 2 is 2.00 bits per heavy atom. The molecule has 0 bridgehead atoms. The summed E-state index contributed by atoms with van der Waals surface area (Å²) in [5.41, 5.74) is 1.17. The highest BCUT2D eigenvalue weighted by Crippen LogP contribution is 2.40. The third-order valence-electron chi connectivity index (χ3n) is 4.65. The molecule has 1 amide bonds. The molecule has 1 fully saturated rings. The van der Waals surface area contributed by atoms with Crippen molar-refractivity contribution in [3.8, 4) is 11.4 Å². The van der Waals surface area contributed by atoms with Gasteiger partial charge in [0.2, 0.25) is 5.91 Å². The summed E-state index contributed by atoms with van der Waals surface area (Å²) >= 11 is 1.29. The monoisotopic (exact) mass is 415 g/mol. The number of rotatable bonds is 7. The number of nitrogens with zero attached hydrogens (tertiary/aromatic N) is 4. The van der Waals surface area contributed by atoms with Crippen LogP contribution in [0.3, 0.4) is 0 Å². The summed E-state index contributed by atoms with van der Waals surface area (Å²) in [6.45, 7) is 1.66. The highest BCUT2D eigenvalue weighted by Gasteiger charge is 2.30. The Hall–Kier alpha value is -2.81. The van der Waals surface area contributed by atoms with Crippen molar-refractivity contribution in [2.75, 3.05) is 5.75 Å². The van der Waals surface area contributed by atoms with Crippen LogP contribution in [0.15, 0.2) is 47.9 Å². The molecule has 1 N–H and O–H groups in total. The molecule has 0 unspecified atom stereocenters. The first-order valence-corrected chi connectivity index (χ1v) is 10.2. The number of pyridine rings is 1. The molecule has 150 valence electrons. The second-order valence-corrected chi connectivity index (χ2v) is 7.83. The Morgan fingerprint density at radius 1 is 1.24 bits per heavy atom. The van der Waals surface area contributed by atoms with Gasteiger partial charge in [0.15, 0.2) is 11.0 Å². The van der Waals surface area contributed by atoms with Crippen molar-refractivity contribution < 1.29 is 13.6 Å². The van der Waals surface area contributed by atoms with Gasteiger partial charge in [-0.05, 0) is 38.0 Å². The molecule has 1 aliphatic carbocycles. The van der Waals surface area contributed by atoms with Crippen LogP contribution in [0.25, 0.3) is 11.4 Å². The van der Waals surface area contributed by atoms with Gasteiger partial charge in [0.25, 0.3) is 0 Å². The minimum atomic E-state index is -0.680. The molecule has 0 saturated heterocycles. The van der Waals surface area contributed by atoms with E-state index in [9.17, 15) is 13.6 Å². The number of hydrogen-bond donors (Lipinski definition) is 1. The van der Waals surface area contributed by atoms with Gasteiger partial charge in [0, 0.05) is 35.6 Å².